The molecule has 10 heteroatoms. The van der Waals surface area contributed by atoms with Gasteiger partial charge >= 0.3 is 6.18 Å². The van der Waals surface area contributed by atoms with Crippen LogP contribution < -0.4 is 5.32 Å². The lowest BCUT2D eigenvalue weighted by Gasteiger charge is -2.31. The van der Waals surface area contributed by atoms with Crippen molar-refractivity contribution in [2.24, 2.45) is 0 Å². The predicted octanol–water partition coefficient (Wildman–Crippen LogP) is 4.84. The van der Waals surface area contributed by atoms with E-state index in [0.29, 0.717) is 12.4 Å². The van der Waals surface area contributed by atoms with E-state index in [-0.39, 0.29) is 16.7 Å². The number of hydrogen-bond acceptors (Lipinski definition) is 3. The molecule has 2 atom stereocenters. The second kappa shape index (κ2) is 8.35. The first-order valence-corrected chi connectivity index (χ1v) is 8.85. The van der Waals surface area contributed by atoms with Gasteiger partial charge in [-0.1, -0.05) is 30.3 Å². The van der Waals surface area contributed by atoms with Crippen molar-refractivity contribution in [3.05, 3.63) is 95.3 Å². The van der Waals surface area contributed by atoms with Crippen molar-refractivity contribution in [2.45, 2.75) is 17.3 Å². The number of aromatic nitrogens is 2. The summed E-state index contributed by atoms with van der Waals surface area (Å²) >= 11 is 6.52. The van der Waals surface area contributed by atoms with Gasteiger partial charge in [0.2, 0.25) is 5.82 Å². The molecule has 0 saturated heterocycles. The SMILES string of the molecule is O=C(NC(F)C(Cl)(c1ccc(F)cc1)c1cnc(C(F)(F)F)nc1)c1ccccc1. The Morgan fingerprint density at radius 1 is 0.933 bits per heavy atom. The third-order valence-corrected chi connectivity index (χ3v) is 4.86. The minimum Gasteiger partial charge on any atom is -0.320 e. The molecule has 4 nitrogen and oxygen atoms in total. The van der Waals surface area contributed by atoms with E-state index in [0.717, 1.165) is 24.3 Å². The molecule has 1 N–H and O–H groups in total. The second-order valence-electron chi connectivity index (χ2n) is 6.21. The Balaban J connectivity index is 2.01. The van der Waals surface area contributed by atoms with Crippen LogP contribution in [0.3, 0.4) is 0 Å². The van der Waals surface area contributed by atoms with Crippen LogP contribution in [0.25, 0.3) is 0 Å². The van der Waals surface area contributed by atoms with Crippen molar-refractivity contribution in [1.29, 1.82) is 0 Å². The molecule has 0 radical (unpaired) electrons. The number of hydrogen-bond donors (Lipinski definition) is 1. The van der Waals surface area contributed by atoms with Gasteiger partial charge in [-0.25, -0.2) is 18.7 Å². The number of rotatable bonds is 5. The summed E-state index contributed by atoms with van der Waals surface area (Å²) < 4.78 is 67.0. The van der Waals surface area contributed by atoms with Crippen molar-refractivity contribution in [2.75, 3.05) is 0 Å². The molecule has 0 aliphatic carbocycles. The molecule has 30 heavy (non-hydrogen) atoms. The van der Waals surface area contributed by atoms with Gasteiger partial charge < -0.3 is 5.32 Å². The van der Waals surface area contributed by atoms with Gasteiger partial charge in [-0.2, -0.15) is 13.2 Å². The zero-order chi connectivity index (χ0) is 21.9. The average molecular weight is 442 g/mol. The third-order valence-electron chi connectivity index (χ3n) is 4.23. The molecule has 1 amide bonds. The number of nitrogens with zero attached hydrogens (tertiary/aromatic N) is 2. The lowest BCUT2D eigenvalue weighted by Crippen LogP contribution is -2.45. The molecule has 0 aliphatic rings. The van der Waals surface area contributed by atoms with Crippen LogP contribution in [0.5, 0.6) is 0 Å². The van der Waals surface area contributed by atoms with Gasteiger partial charge in [-0.05, 0) is 29.8 Å². The highest BCUT2D eigenvalue weighted by Crippen LogP contribution is 2.41. The number of amides is 1. The first kappa shape index (κ1) is 21.6. The molecule has 2 unspecified atom stereocenters. The molecule has 3 aromatic rings. The number of benzene rings is 2. The van der Waals surface area contributed by atoms with Crippen LogP contribution in [-0.2, 0) is 11.1 Å². The lowest BCUT2D eigenvalue weighted by molar-refractivity contribution is -0.145. The lowest BCUT2D eigenvalue weighted by atomic mass is 9.90. The van der Waals surface area contributed by atoms with E-state index in [1.807, 2.05) is 0 Å². The maximum absolute atomic E-state index is 15.4. The topological polar surface area (TPSA) is 54.9 Å². The Hall–Kier alpha value is -3.07. The Bertz CT molecular complexity index is 1010. The van der Waals surface area contributed by atoms with Crippen LogP contribution in [-0.4, -0.2) is 22.2 Å². The van der Waals surface area contributed by atoms with E-state index in [4.69, 9.17) is 11.6 Å². The summed E-state index contributed by atoms with van der Waals surface area (Å²) in [4.78, 5) is 16.5. The van der Waals surface area contributed by atoms with E-state index >= 15 is 4.39 Å². The van der Waals surface area contributed by atoms with Crippen LogP contribution >= 0.6 is 11.6 Å². The van der Waals surface area contributed by atoms with E-state index in [1.165, 1.54) is 12.1 Å². The summed E-state index contributed by atoms with van der Waals surface area (Å²) in [5.41, 5.74) is -0.138. The van der Waals surface area contributed by atoms with Gasteiger partial charge in [0, 0.05) is 23.5 Å². The van der Waals surface area contributed by atoms with Gasteiger partial charge in [0.05, 0.1) is 0 Å². The molecule has 1 heterocycles. The quantitative estimate of drug-likeness (QED) is 0.350. The highest BCUT2D eigenvalue weighted by atomic mass is 35.5. The summed E-state index contributed by atoms with van der Waals surface area (Å²) in [7, 11) is 0. The van der Waals surface area contributed by atoms with Crippen molar-refractivity contribution in [3.63, 3.8) is 0 Å². The number of carbonyl (C=O) groups is 1. The monoisotopic (exact) mass is 441 g/mol. The standard InChI is InChI=1S/C20H13ClF5N3O/c21-19(13-6-8-15(22)9-7-13,14-10-27-18(28-11-14)20(24,25)26)17(23)29-16(30)12-4-2-1-3-5-12/h1-11,17H,(H,29,30). The number of alkyl halides is 5. The molecule has 2 aromatic carbocycles. The highest BCUT2D eigenvalue weighted by molar-refractivity contribution is 6.26. The van der Waals surface area contributed by atoms with Crippen LogP contribution in [0.4, 0.5) is 22.0 Å². The second-order valence-corrected chi connectivity index (χ2v) is 6.81. The summed E-state index contributed by atoms with van der Waals surface area (Å²) in [6, 6.07) is 12.0. The number of nitrogens with one attached hydrogen (secondary N) is 1. The molecule has 0 fully saturated rings. The van der Waals surface area contributed by atoms with Crippen molar-refractivity contribution in [3.8, 4) is 0 Å². The summed E-state index contributed by atoms with van der Waals surface area (Å²) in [6.45, 7) is 0. The molecular formula is C20H13ClF5N3O. The first-order chi connectivity index (χ1) is 14.1. The Kier molecular flexibility index (Phi) is 6.02. The third kappa shape index (κ3) is 4.40. The Labute approximate surface area is 172 Å². The fraction of sp³-hybridized carbons (Fsp3) is 0.150. The molecule has 1 aromatic heterocycles. The molecule has 156 valence electrons. The van der Waals surface area contributed by atoms with E-state index in [2.05, 4.69) is 15.3 Å². The van der Waals surface area contributed by atoms with E-state index in [9.17, 15) is 22.4 Å². The van der Waals surface area contributed by atoms with Gasteiger partial charge in [0.1, 0.15) is 10.7 Å². The smallest absolute Gasteiger partial charge is 0.320 e. The van der Waals surface area contributed by atoms with E-state index < -0.39 is 34.9 Å². The van der Waals surface area contributed by atoms with Gasteiger partial charge in [0.15, 0.2) is 6.30 Å². The Morgan fingerprint density at radius 3 is 2.03 bits per heavy atom. The minimum atomic E-state index is -4.81. The maximum Gasteiger partial charge on any atom is 0.451 e. The minimum absolute atomic E-state index is 0.0187. The maximum atomic E-state index is 15.4. The molecule has 0 saturated carbocycles. The van der Waals surface area contributed by atoms with Crippen molar-refractivity contribution in [1.82, 2.24) is 15.3 Å². The first-order valence-electron chi connectivity index (χ1n) is 8.47. The average Bonchev–Trinajstić information content (AvgIpc) is 2.73. The van der Waals surface area contributed by atoms with Gasteiger partial charge in [0.25, 0.3) is 5.91 Å². The molecular weight excluding hydrogens is 429 g/mol. The van der Waals surface area contributed by atoms with Crippen molar-refractivity contribution >= 4 is 17.5 Å². The summed E-state index contributed by atoms with van der Waals surface area (Å²) in [6.07, 6.45) is -5.70. The molecule has 0 bridgehead atoms. The van der Waals surface area contributed by atoms with Crippen LogP contribution in [0.15, 0.2) is 67.0 Å². The van der Waals surface area contributed by atoms with E-state index in [1.54, 1.807) is 18.2 Å². The van der Waals surface area contributed by atoms with Gasteiger partial charge in [-0.15, -0.1) is 11.6 Å². The fourth-order valence-corrected chi connectivity index (χ4v) is 2.98. The Morgan fingerprint density at radius 2 is 1.50 bits per heavy atom. The van der Waals surface area contributed by atoms with Crippen LogP contribution in [0, 0.1) is 5.82 Å². The number of carbonyl (C=O) groups excluding carboxylic acids is 1. The highest BCUT2D eigenvalue weighted by Gasteiger charge is 2.44. The molecule has 0 aliphatic heterocycles. The normalized spacial score (nSPS) is 14.6. The molecule has 3 rings (SSSR count). The summed E-state index contributed by atoms with van der Waals surface area (Å²) in [5, 5.41) is 2.08. The number of halogens is 6. The fourth-order valence-electron chi connectivity index (χ4n) is 2.70. The van der Waals surface area contributed by atoms with Crippen LogP contribution in [0.1, 0.15) is 27.3 Å². The predicted molar refractivity (Wildman–Crippen MR) is 98.9 cm³/mol. The zero-order valence-electron chi connectivity index (χ0n) is 15.0. The molecule has 0 spiro atoms. The summed E-state index contributed by atoms with van der Waals surface area (Å²) in [5.74, 6) is -2.87. The zero-order valence-corrected chi connectivity index (χ0v) is 15.8. The van der Waals surface area contributed by atoms with Crippen LogP contribution in [0.2, 0.25) is 0 Å². The van der Waals surface area contributed by atoms with Gasteiger partial charge in [-0.3, -0.25) is 4.79 Å². The largest absolute Gasteiger partial charge is 0.451 e. The van der Waals surface area contributed by atoms with Crippen molar-refractivity contribution < 1.29 is 26.7 Å².